The molecule has 7 heteroatoms. The largest absolute Gasteiger partial charge is 0.481 e. The maximum Gasteiger partial charge on any atom is 0.315 e. The molecule has 1 heterocycles. The predicted molar refractivity (Wildman–Crippen MR) is 83.9 cm³/mol. The maximum atomic E-state index is 12.2. The third-order valence-electron chi connectivity index (χ3n) is 3.95. The summed E-state index contributed by atoms with van der Waals surface area (Å²) >= 11 is 0. The molecular formula is C16H19N3O4. The molecule has 0 aliphatic carbocycles. The van der Waals surface area contributed by atoms with Gasteiger partial charge in [0, 0.05) is 26.4 Å². The first-order valence-electron chi connectivity index (χ1n) is 7.26. The molecule has 122 valence electrons. The second kappa shape index (κ2) is 6.60. The zero-order valence-electron chi connectivity index (χ0n) is 13.1. The third-order valence-corrected chi connectivity index (χ3v) is 3.95. The Labute approximate surface area is 134 Å². The lowest BCUT2D eigenvalue weighted by molar-refractivity contribution is -0.143. The first-order valence-corrected chi connectivity index (χ1v) is 7.26. The lowest BCUT2D eigenvalue weighted by Crippen LogP contribution is -2.47. The smallest absolute Gasteiger partial charge is 0.315 e. The van der Waals surface area contributed by atoms with E-state index in [1.165, 1.54) is 7.05 Å². The minimum Gasteiger partial charge on any atom is -0.481 e. The number of carboxylic acid groups (broad SMARTS) is 1. The highest BCUT2D eigenvalue weighted by atomic mass is 16.4. The van der Waals surface area contributed by atoms with Gasteiger partial charge in [0.25, 0.3) is 5.91 Å². The Balaban J connectivity index is 2.11. The number of carbonyl (C=O) groups excluding carboxylic acids is 2. The van der Waals surface area contributed by atoms with Crippen LogP contribution in [0.25, 0.3) is 0 Å². The first kappa shape index (κ1) is 16.7. The van der Waals surface area contributed by atoms with Gasteiger partial charge in [0.1, 0.15) is 11.1 Å². The van der Waals surface area contributed by atoms with Crippen LogP contribution < -0.4 is 5.32 Å². The highest BCUT2D eigenvalue weighted by Crippen LogP contribution is 2.23. The van der Waals surface area contributed by atoms with Gasteiger partial charge in [0.2, 0.25) is 5.91 Å². The summed E-state index contributed by atoms with van der Waals surface area (Å²) in [6.07, 6.45) is 0.474. The predicted octanol–water partition coefficient (Wildman–Crippen LogP) is 0.753. The molecule has 0 aromatic heterocycles. The molecule has 0 saturated heterocycles. The van der Waals surface area contributed by atoms with Crippen molar-refractivity contribution in [3.05, 3.63) is 35.9 Å². The van der Waals surface area contributed by atoms with E-state index in [0.29, 0.717) is 5.56 Å². The Morgan fingerprint density at radius 3 is 2.52 bits per heavy atom. The first-order chi connectivity index (χ1) is 10.8. The molecule has 0 saturated carbocycles. The van der Waals surface area contributed by atoms with Crippen molar-refractivity contribution in [1.29, 1.82) is 0 Å². The van der Waals surface area contributed by atoms with Crippen LogP contribution in [0.5, 0.6) is 0 Å². The van der Waals surface area contributed by atoms with E-state index in [-0.39, 0.29) is 31.0 Å². The van der Waals surface area contributed by atoms with Crippen LogP contribution in [0, 0.1) is 0 Å². The highest BCUT2D eigenvalue weighted by Gasteiger charge is 2.36. The summed E-state index contributed by atoms with van der Waals surface area (Å²) in [7, 11) is 1.49. The Kier molecular flexibility index (Phi) is 4.78. The van der Waals surface area contributed by atoms with Gasteiger partial charge in [0.15, 0.2) is 0 Å². The molecule has 2 rings (SSSR count). The summed E-state index contributed by atoms with van der Waals surface area (Å²) in [5.41, 5.74) is -0.410. The Bertz CT molecular complexity index is 657. The van der Waals surface area contributed by atoms with Crippen molar-refractivity contribution < 1.29 is 19.5 Å². The van der Waals surface area contributed by atoms with Crippen molar-refractivity contribution in [2.45, 2.75) is 25.2 Å². The Morgan fingerprint density at radius 1 is 1.30 bits per heavy atom. The Hall–Kier alpha value is -2.70. The number of aliphatic carboxylic acids is 1. The molecule has 1 aromatic carbocycles. The topological polar surface area (TPSA) is 99.1 Å². The average Bonchev–Trinajstić information content (AvgIpc) is 2.55. The molecule has 1 aliphatic heterocycles. The quantitative estimate of drug-likeness (QED) is 0.837. The van der Waals surface area contributed by atoms with Gasteiger partial charge >= 0.3 is 5.97 Å². The number of carbonyl (C=O) groups is 3. The number of carboxylic acids is 1. The van der Waals surface area contributed by atoms with E-state index in [2.05, 4.69) is 10.4 Å². The molecule has 23 heavy (non-hydrogen) atoms. The molecule has 2 amide bonds. The fraction of sp³-hybridized carbons (Fsp3) is 0.375. The third kappa shape index (κ3) is 3.56. The normalized spacial score (nSPS) is 17.2. The highest BCUT2D eigenvalue weighted by molar-refractivity contribution is 6.39. The van der Waals surface area contributed by atoms with E-state index in [4.69, 9.17) is 0 Å². The molecule has 1 aromatic rings. The van der Waals surface area contributed by atoms with E-state index in [1.807, 2.05) is 0 Å². The molecule has 1 aliphatic rings. The van der Waals surface area contributed by atoms with Gasteiger partial charge in [-0.3, -0.25) is 14.4 Å². The maximum absolute atomic E-state index is 12.2. The van der Waals surface area contributed by atoms with Crippen molar-refractivity contribution in [2.75, 3.05) is 13.6 Å². The van der Waals surface area contributed by atoms with Crippen LogP contribution in [0.4, 0.5) is 0 Å². The number of amides is 2. The van der Waals surface area contributed by atoms with E-state index >= 15 is 0 Å². The van der Waals surface area contributed by atoms with Gasteiger partial charge in [-0.2, -0.15) is 5.10 Å². The number of nitrogens with one attached hydrogen (secondary N) is 1. The van der Waals surface area contributed by atoms with Gasteiger partial charge < -0.3 is 10.4 Å². The van der Waals surface area contributed by atoms with Crippen LogP contribution in [0.1, 0.15) is 25.3 Å². The Morgan fingerprint density at radius 2 is 1.96 bits per heavy atom. The van der Waals surface area contributed by atoms with Crippen LogP contribution in [0.3, 0.4) is 0 Å². The summed E-state index contributed by atoms with van der Waals surface area (Å²) in [5.74, 6) is -1.63. The molecule has 0 radical (unpaired) electrons. The van der Waals surface area contributed by atoms with E-state index < -0.39 is 17.3 Å². The summed E-state index contributed by atoms with van der Waals surface area (Å²) in [6.45, 7) is 1.49. The van der Waals surface area contributed by atoms with Gasteiger partial charge in [-0.25, -0.2) is 5.01 Å². The molecular weight excluding hydrogens is 298 g/mol. The zero-order chi connectivity index (χ0) is 17.0. The molecule has 0 spiro atoms. The summed E-state index contributed by atoms with van der Waals surface area (Å²) in [4.78, 5) is 35.2. The van der Waals surface area contributed by atoms with E-state index in [9.17, 15) is 19.5 Å². The second-order valence-electron chi connectivity index (χ2n) is 5.65. The van der Waals surface area contributed by atoms with E-state index in [1.54, 1.807) is 37.3 Å². The minimum atomic E-state index is -1.24. The van der Waals surface area contributed by atoms with Crippen molar-refractivity contribution in [3.63, 3.8) is 0 Å². The molecule has 7 nitrogen and oxygen atoms in total. The summed E-state index contributed by atoms with van der Waals surface area (Å²) < 4.78 is 0. The number of rotatable bonds is 5. The lowest BCUT2D eigenvalue weighted by Gasteiger charge is -2.26. The number of hydrogen-bond donors (Lipinski definition) is 2. The SMILES string of the molecule is CN1N=C(C(=O)NCC(C)(C(=O)O)c2ccccc2)CCC1=O. The van der Waals surface area contributed by atoms with Crippen LogP contribution in [-0.2, 0) is 19.8 Å². The average molecular weight is 317 g/mol. The van der Waals surface area contributed by atoms with E-state index in [0.717, 1.165) is 5.01 Å². The number of hydrazone groups is 1. The van der Waals surface area contributed by atoms with Gasteiger partial charge in [-0.05, 0) is 12.5 Å². The number of hydrogen-bond acceptors (Lipinski definition) is 4. The second-order valence-corrected chi connectivity index (χ2v) is 5.65. The summed E-state index contributed by atoms with van der Waals surface area (Å²) in [6, 6.07) is 8.73. The molecule has 0 bridgehead atoms. The lowest BCUT2D eigenvalue weighted by atomic mass is 9.82. The number of benzene rings is 1. The van der Waals surface area contributed by atoms with Gasteiger partial charge in [0.05, 0.1) is 0 Å². The van der Waals surface area contributed by atoms with Crippen molar-refractivity contribution >= 4 is 23.5 Å². The van der Waals surface area contributed by atoms with Crippen molar-refractivity contribution in [3.8, 4) is 0 Å². The standard InChI is InChI=1S/C16H19N3O4/c1-16(15(22)23,11-6-4-3-5-7-11)10-17-14(21)12-8-9-13(20)19(2)18-12/h3-7H,8-10H2,1-2H3,(H,17,21)(H,22,23). The van der Waals surface area contributed by atoms with Crippen LogP contribution in [0.2, 0.25) is 0 Å². The van der Waals surface area contributed by atoms with Crippen molar-refractivity contribution in [1.82, 2.24) is 10.3 Å². The number of nitrogens with zero attached hydrogens (tertiary/aromatic N) is 2. The van der Waals surface area contributed by atoms with Crippen LogP contribution in [0.15, 0.2) is 35.4 Å². The molecule has 1 atom stereocenters. The monoisotopic (exact) mass is 317 g/mol. The van der Waals surface area contributed by atoms with Gasteiger partial charge in [-0.1, -0.05) is 30.3 Å². The van der Waals surface area contributed by atoms with Crippen molar-refractivity contribution in [2.24, 2.45) is 5.10 Å². The van der Waals surface area contributed by atoms with Crippen LogP contribution in [-0.4, -0.2) is 47.2 Å². The minimum absolute atomic E-state index is 0.0676. The molecule has 1 unspecified atom stereocenters. The van der Waals surface area contributed by atoms with Crippen LogP contribution >= 0.6 is 0 Å². The summed E-state index contributed by atoms with van der Waals surface area (Å²) in [5, 5.41) is 17.2. The fourth-order valence-corrected chi connectivity index (χ4v) is 2.30. The zero-order valence-corrected chi connectivity index (χ0v) is 13.1. The van der Waals surface area contributed by atoms with Gasteiger partial charge in [-0.15, -0.1) is 0 Å². The fourth-order valence-electron chi connectivity index (χ4n) is 2.30. The molecule has 0 fully saturated rings. The molecule has 2 N–H and O–H groups in total.